The molecule has 0 atom stereocenters. The molecule has 0 amide bonds. The van der Waals surface area contributed by atoms with E-state index in [4.69, 9.17) is 11.6 Å². The minimum atomic E-state index is 0.433. The molecule has 6 nitrogen and oxygen atoms in total. The van der Waals surface area contributed by atoms with Gasteiger partial charge in [0.05, 0.1) is 0 Å². The molecule has 0 bridgehead atoms. The first-order valence-corrected chi connectivity index (χ1v) is 7.03. The van der Waals surface area contributed by atoms with Crippen molar-refractivity contribution in [2.24, 2.45) is 0 Å². The smallest absolute Gasteiger partial charge is 0.255 e. The summed E-state index contributed by atoms with van der Waals surface area (Å²) in [5, 5.41) is 7.91. The molecule has 0 unspecified atom stereocenters. The fourth-order valence-electron chi connectivity index (χ4n) is 2.43. The molecule has 0 radical (unpaired) electrons. The van der Waals surface area contributed by atoms with Gasteiger partial charge in [-0.25, -0.2) is 0 Å². The number of aromatic nitrogens is 4. The van der Waals surface area contributed by atoms with Crippen molar-refractivity contribution in [3.8, 4) is 0 Å². The molecular formula is C12H17ClN6. The third-order valence-electron chi connectivity index (χ3n) is 3.38. The van der Waals surface area contributed by atoms with Crippen LogP contribution in [0.25, 0.3) is 5.78 Å². The first-order chi connectivity index (χ1) is 9.33. The predicted octanol–water partition coefficient (Wildman–Crippen LogP) is 1.68. The number of halogens is 1. The number of anilines is 1. The molecule has 7 heteroatoms. The van der Waals surface area contributed by atoms with Gasteiger partial charge in [0.15, 0.2) is 0 Å². The van der Waals surface area contributed by atoms with Gasteiger partial charge in [0.25, 0.3) is 5.78 Å². The van der Waals surface area contributed by atoms with E-state index in [9.17, 15) is 0 Å². The van der Waals surface area contributed by atoms with Gasteiger partial charge in [0.1, 0.15) is 17.3 Å². The van der Waals surface area contributed by atoms with Gasteiger partial charge in [-0.15, -0.1) is 0 Å². The topological polar surface area (TPSA) is 58.4 Å². The van der Waals surface area contributed by atoms with E-state index in [1.165, 1.54) is 32.3 Å². The molecule has 1 saturated heterocycles. The Morgan fingerprint density at radius 1 is 1.32 bits per heavy atom. The Hall–Kier alpha value is -1.40. The van der Waals surface area contributed by atoms with Gasteiger partial charge < -0.3 is 10.2 Å². The average molecular weight is 281 g/mol. The molecule has 3 rings (SSSR count). The lowest BCUT2D eigenvalue weighted by molar-refractivity contribution is 0.337. The lowest BCUT2D eigenvalue weighted by Gasteiger charge is -2.14. The maximum atomic E-state index is 5.96. The Labute approximate surface area is 116 Å². The summed E-state index contributed by atoms with van der Waals surface area (Å²) < 4.78 is 1.67. The number of fused-ring (bicyclic) bond motifs is 1. The highest BCUT2D eigenvalue weighted by atomic mass is 35.5. The van der Waals surface area contributed by atoms with Gasteiger partial charge >= 0.3 is 0 Å². The Bertz CT molecular complexity index is 548. The molecule has 1 aliphatic heterocycles. The molecule has 3 heterocycles. The minimum absolute atomic E-state index is 0.433. The van der Waals surface area contributed by atoms with Crippen LogP contribution in [0.5, 0.6) is 0 Å². The second-order valence-electron chi connectivity index (χ2n) is 4.77. The van der Waals surface area contributed by atoms with Gasteiger partial charge in [-0.1, -0.05) is 11.6 Å². The van der Waals surface area contributed by atoms with Crippen LogP contribution in [0.1, 0.15) is 19.3 Å². The Morgan fingerprint density at radius 2 is 2.16 bits per heavy atom. The van der Waals surface area contributed by atoms with E-state index in [0.717, 1.165) is 25.3 Å². The summed E-state index contributed by atoms with van der Waals surface area (Å²) in [5.74, 6) is 1.36. The number of likely N-dealkylation sites (tertiary alicyclic amines) is 1. The zero-order valence-electron chi connectivity index (χ0n) is 10.7. The van der Waals surface area contributed by atoms with Crippen LogP contribution in [0.3, 0.4) is 0 Å². The van der Waals surface area contributed by atoms with Crippen molar-refractivity contribution >= 4 is 23.2 Å². The van der Waals surface area contributed by atoms with Crippen LogP contribution < -0.4 is 5.32 Å². The number of hydrogen-bond acceptors (Lipinski definition) is 5. The Morgan fingerprint density at radius 3 is 3.00 bits per heavy atom. The fraction of sp³-hybridized carbons (Fsp3) is 0.583. The van der Waals surface area contributed by atoms with Crippen LogP contribution >= 0.6 is 11.6 Å². The maximum Gasteiger partial charge on any atom is 0.255 e. The molecule has 19 heavy (non-hydrogen) atoms. The van der Waals surface area contributed by atoms with Crippen LogP contribution in [0, 0.1) is 0 Å². The van der Waals surface area contributed by atoms with Gasteiger partial charge in [-0.05, 0) is 38.9 Å². The molecule has 0 spiro atoms. The van der Waals surface area contributed by atoms with Crippen molar-refractivity contribution in [1.29, 1.82) is 0 Å². The van der Waals surface area contributed by atoms with Gasteiger partial charge in [-0.3, -0.25) is 0 Å². The van der Waals surface area contributed by atoms with Gasteiger partial charge in [-0.2, -0.15) is 19.6 Å². The van der Waals surface area contributed by atoms with E-state index >= 15 is 0 Å². The van der Waals surface area contributed by atoms with Crippen molar-refractivity contribution in [1.82, 2.24) is 24.5 Å². The molecule has 1 aliphatic rings. The average Bonchev–Trinajstić information content (AvgIpc) is 3.04. The van der Waals surface area contributed by atoms with Crippen molar-refractivity contribution in [3.05, 3.63) is 17.5 Å². The standard InChI is InChI=1S/C12H17ClN6/c13-10-8-11(19-12(17-10)15-9-16-19)14-4-3-7-18-5-1-2-6-18/h8-9,14H,1-7H2. The maximum absolute atomic E-state index is 5.96. The highest BCUT2D eigenvalue weighted by molar-refractivity contribution is 6.29. The van der Waals surface area contributed by atoms with Gasteiger partial charge in [0.2, 0.25) is 0 Å². The molecule has 102 valence electrons. The molecule has 2 aromatic rings. The van der Waals surface area contributed by atoms with E-state index in [-0.39, 0.29) is 0 Å². The minimum Gasteiger partial charge on any atom is -0.370 e. The van der Waals surface area contributed by atoms with E-state index < -0.39 is 0 Å². The van der Waals surface area contributed by atoms with Gasteiger partial charge in [0, 0.05) is 12.6 Å². The lowest BCUT2D eigenvalue weighted by Crippen LogP contribution is -2.22. The van der Waals surface area contributed by atoms with E-state index in [1.54, 1.807) is 10.6 Å². The molecule has 2 aromatic heterocycles. The quantitative estimate of drug-likeness (QED) is 0.667. The third kappa shape index (κ3) is 2.96. The third-order valence-corrected chi connectivity index (χ3v) is 3.57. The Balaban J connectivity index is 1.57. The van der Waals surface area contributed by atoms with Crippen LogP contribution in [-0.2, 0) is 0 Å². The van der Waals surface area contributed by atoms with E-state index in [1.807, 2.05) is 0 Å². The second-order valence-corrected chi connectivity index (χ2v) is 5.15. The van der Waals surface area contributed by atoms with Crippen molar-refractivity contribution in [2.75, 3.05) is 31.5 Å². The molecule has 0 saturated carbocycles. The fourth-order valence-corrected chi connectivity index (χ4v) is 2.61. The highest BCUT2D eigenvalue weighted by Crippen LogP contribution is 2.14. The lowest BCUT2D eigenvalue weighted by atomic mass is 10.4. The summed E-state index contributed by atoms with van der Waals surface area (Å²) in [4.78, 5) is 10.6. The Kier molecular flexibility index (Phi) is 3.79. The van der Waals surface area contributed by atoms with Crippen LogP contribution in [0.15, 0.2) is 12.4 Å². The summed E-state index contributed by atoms with van der Waals surface area (Å²) in [6.45, 7) is 4.53. The molecule has 1 fully saturated rings. The summed E-state index contributed by atoms with van der Waals surface area (Å²) in [6.07, 6.45) is 5.27. The molecule has 0 aliphatic carbocycles. The highest BCUT2D eigenvalue weighted by Gasteiger charge is 2.10. The van der Waals surface area contributed by atoms with Crippen molar-refractivity contribution in [3.63, 3.8) is 0 Å². The molecule has 0 aromatic carbocycles. The number of nitrogens with one attached hydrogen (secondary N) is 1. The number of hydrogen-bond donors (Lipinski definition) is 1. The van der Waals surface area contributed by atoms with E-state index in [0.29, 0.717) is 10.9 Å². The number of rotatable bonds is 5. The summed E-state index contributed by atoms with van der Waals surface area (Å²) in [6, 6.07) is 1.78. The first kappa shape index (κ1) is 12.6. The second kappa shape index (κ2) is 5.71. The summed E-state index contributed by atoms with van der Waals surface area (Å²) >= 11 is 5.96. The monoisotopic (exact) mass is 280 g/mol. The normalized spacial score (nSPS) is 16.3. The van der Waals surface area contributed by atoms with Crippen molar-refractivity contribution < 1.29 is 0 Å². The SMILES string of the molecule is Clc1cc(NCCCN2CCCC2)n2ncnc2n1. The largest absolute Gasteiger partial charge is 0.370 e. The summed E-state index contributed by atoms with van der Waals surface area (Å²) in [7, 11) is 0. The summed E-state index contributed by atoms with van der Waals surface area (Å²) in [5.41, 5.74) is 0. The molecule has 1 N–H and O–H groups in total. The van der Waals surface area contributed by atoms with Crippen LogP contribution in [0.2, 0.25) is 5.15 Å². The van der Waals surface area contributed by atoms with E-state index in [2.05, 4.69) is 25.3 Å². The predicted molar refractivity (Wildman–Crippen MR) is 74.6 cm³/mol. The molecular weight excluding hydrogens is 264 g/mol. The number of nitrogens with zero attached hydrogens (tertiary/aromatic N) is 5. The first-order valence-electron chi connectivity index (χ1n) is 6.65. The van der Waals surface area contributed by atoms with Crippen LogP contribution in [-0.4, -0.2) is 50.7 Å². The van der Waals surface area contributed by atoms with Crippen LogP contribution in [0.4, 0.5) is 5.82 Å². The zero-order chi connectivity index (χ0) is 13.1. The van der Waals surface area contributed by atoms with Crippen molar-refractivity contribution in [2.45, 2.75) is 19.3 Å². The zero-order valence-corrected chi connectivity index (χ0v) is 11.5.